The molecule has 0 atom stereocenters. The van der Waals surface area contributed by atoms with E-state index in [2.05, 4.69) is 67.9 Å². The second-order valence-corrected chi connectivity index (χ2v) is 10.5. The van der Waals surface area contributed by atoms with Crippen LogP contribution in [0.15, 0.2) is 84.9 Å². The van der Waals surface area contributed by atoms with Crippen molar-refractivity contribution in [2.75, 3.05) is 10.6 Å². The molecule has 4 rings (SSSR count). The molecule has 0 aromatic heterocycles. The third kappa shape index (κ3) is 5.85. The average molecular weight is 672 g/mol. The highest BCUT2D eigenvalue weighted by molar-refractivity contribution is 14.1. The summed E-state index contributed by atoms with van der Waals surface area (Å²) in [7, 11) is 0. The Balaban J connectivity index is 1.48. The maximum Gasteiger partial charge on any atom is 0.255 e. The highest BCUT2D eigenvalue weighted by Gasteiger charge is 2.11. The third-order valence-electron chi connectivity index (χ3n) is 5.50. The van der Waals surface area contributed by atoms with Crippen molar-refractivity contribution < 1.29 is 9.59 Å². The van der Waals surface area contributed by atoms with Gasteiger partial charge in [0.25, 0.3) is 11.8 Å². The van der Waals surface area contributed by atoms with Gasteiger partial charge in [-0.05, 0) is 154 Å². The van der Waals surface area contributed by atoms with Crippen molar-refractivity contribution in [1.82, 2.24) is 0 Å². The van der Waals surface area contributed by atoms with Gasteiger partial charge in [0, 0.05) is 29.6 Å². The Kier molecular flexibility index (Phi) is 7.67. The van der Waals surface area contributed by atoms with Crippen molar-refractivity contribution in [1.29, 1.82) is 0 Å². The van der Waals surface area contributed by atoms with Gasteiger partial charge in [-0.25, -0.2) is 0 Å². The van der Waals surface area contributed by atoms with E-state index in [1.807, 2.05) is 86.6 Å². The fourth-order valence-corrected chi connectivity index (χ4v) is 4.28. The Morgan fingerprint density at radius 1 is 0.559 bits per heavy atom. The summed E-state index contributed by atoms with van der Waals surface area (Å²) in [6.07, 6.45) is 0. The van der Waals surface area contributed by atoms with Gasteiger partial charge in [-0.2, -0.15) is 0 Å². The first kappa shape index (κ1) is 24.4. The van der Waals surface area contributed by atoms with Crippen LogP contribution < -0.4 is 10.6 Å². The van der Waals surface area contributed by atoms with E-state index in [-0.39, 0.29) is 11.8 Å². The minimum atomic E-state index is -0.128. The first-order valence-corrected chi connectivity index (χ1v) is 12.8. The zero-order chi connectivity index (χ0) is 24.2. The number of hydrogen-bond donors (Lipinski definition) is 2. The maximum atomic E-state index is 12.6. The third-order valence-corrected chi connectivity index (χ3v) is 6.93. The lowest BCUT2D eigenvalue weighted by Gasteiger charge is -2.13. The second-order valence-electron chi connectivity index (χ2n) is 7.98. The average Bonchev–Trinajstić information content (AvgIpc) is 2.82. The molecule has 0 aliphatic rings. The first-order chi connectivity index (χ1) is 16.3. The van der Waals surface area contributed by atoms with E-state index in [0.717, 1.165) is 40.8 Å². The van der Waals surface area contributed by atoms with E-state index >= 15 is 0 Å². The topological polar surface area (TPSA) is 58.2 Å². The summed E-state index contributed by atoms with van der Waals surface area (Å²) in [4.78, 5) is 25.1. The zero-order valence-electron chi connectivity index (χ0n) is 18.7. The minimum Gasteiger partial charge on any atom is -0.322 e. The summed E-state index contributed by atoms with van der Waals surface area (Å²) in [5.41, 5.74) is 6.86. The van der Waals surface area contributed by atoms with E-state index in [9.17, 15) is 9.59 Å². The standard InChI is InChI=1S/C28H22I2N2O2/c1-17-15-21(7-13-25(17)31-27(33)19-3-9-23(29)10-4-19)22-8-14-26(18(2)16-22)32-28(34)20-5-11-24(30)12-6-20/h3-16H,1-2H3,(H,31,33)(H,32,34). The fraction of sp³-hybridized carbons (Fsp3) is 0.0714. The van der Waals surface area contributed by atoms with Gasteiger partial charge in [0.1, 0.15) is 0 Å². The second kappa shape index (κ2) is 10.7. The number of hydrogen-bond acceptors (Lipinski definition) is 2. The largest absolute Gasteiger partial charge is 0.322 e. The monoisotopic (exact) mass is 672 g/mol. The molecule has 6 heteroatoms. The maximum absolute atomic E-state index is 12.6. The molecule has 0 radical (unpaired) electrons. The van der Waals surface area contributed by atoms with Crippen LogP contribution in [0, 0.1) is 21.0 Å². The van der Waals surface area contributed by atoms with Gasteiger partial charge in [0.05, 0.1) is 0 Å². The van der Waals surface area contributed by atoms with Crippen molar-refractivity contribution in [3.8, 4) is 11.1 Å². The lowest BCUT2D eigenvalue weighted by atomic mass is 9.99. The quantitative estimate of drug-likeness (QED) is 0.214. The summed E-state index contributed by atoms with van der Waals surface area (Å²) < 4.78 is 2.18. The summed E-state index contributed by atoms with van der Waals surface area (Å²) in [6.45, 7) is 3.96. The summed E-state index contributed by atoms with van der Waals surface area (Å²) in [5.74, 6) is -0.257. The number of rotatable bonds is 5. The predicted octanol–water partition coefficient (Wildman–Crippen LogP) is 7.68. The lowest BCUT2D eigenvalue weighted by Crippen LogP contribution is -2.13. The Morgan fingerprint density at radius 2 is 0.912 bits per heavy atom. The fourth-order valence-electron chi connectivity index (χ4n) is 3.56. The van der Waals surface area contributed by atoms with Crippen LogP contribution in [0.5, 0.6) is 0 Å². The molecular weight excluding hydrogens is 650 g/mol. The number of nitrogens with one attached hydrogen (secondary N) is 2. The minimum absolute atomic E-state index is 0.128. The SMILES string of the molecule is Cc1cc(-c2ccc(NC(=O)c3ccc(I)cc3)c(C)c2)ccc1NC(=O)c1ccc(I)cc1. The molecular formula is C28H22I2N2O2. The van der Waals surface area contributed by atoms with Gasteiger partial charge >= 0.3 is 0 Å². The molecule has 4 aromatic carbocycles. The molecule has 0 saturated heterocycles. The molecule has 0 bridgehead atoms. The van der Waals surface area contributed by atoms with Gasteiger partial charge in [-0.3, -0.25) is 9.59 Å². The Labute approximate surface area is 226 Å². The van der Waals surface area contributed by atoms with Crippen molar-refractivity contribution in [2.24, 2.45) is 0 Å². The molecule has 0 saturated carbocycles. The van der Waals surface area contributed by atoms with E-state index in [1.54, 1.807) is 0 Å². The van der Waals surface area contributed by atoms with E-state index in [0.29, 0.717) is 11.1 Å². The molecule has 2 N–H and O–H groups in total. The molecule has 34 heavy (non-hydrogen) atoms. The number of carbonyl (C=O) groups is 2. The van der Waals surface area contributed by atoms with Crippen LogP contribution in [0.3, 0.4) is 0 Å². The van der Waals surface area contributed by atoms with Crippen LogP contribution in [0.4, 0.5) is 11.4 Å². The smallest absolute Gasteiger partial charge is 0.255 e. The van der Waals surface area contributed by atoms with Gasteiger partial charge in [0.15, 0.2) is 0 Å². The lowest BCUT2D eigenvalue weighted by molar-refractivity contribution is 0.101. The molecule has 0 unspecified atom stereocenters. The van der Waals surface area contributed by atoms with Gasteiger partial charge in [-0.1, -0.05) is 12.1 Å². The number of carbonyl (C=O) groups excluding carboxylic acids is 2. The highest BCUT2D eigenvalue weighted by atomic mass is 127. The Hall–Kier alpha value is -2.72. The first-order valence-electron chi connectivity index (χ1n) is 10.7. The number of benzene rings is 4. The van der Waals surface area contributed by atoms with Crippen LogP contribution in [-0.4, -0.2) is 11.8 Å². The molecule has 0 fully saturated rings. The number of aryl methyl sites for hydroxylation is 2. The van der Waals surface area contributed by atoms with Gasteiger partial charge < -0.3 is 10.6 Å². The van der Waals surface area contributed by atoms with E-state index in [1.165, 1.54) is 0 Å². The van der Waals surface area contributed by atoms with Gasteiger partial charge in [0.2, 0.25) is 0 Å². The van der Waals surface area contributed by atoms with Crippen molar-refractivity contribution in [3.63, 3.8) is 0 Å². The van der Waals surface area contributed by atoms with E-state index < -0.39 is 0 Å². The number of halogens is 2. The van der Waals surface area contributed by atoms with E-state index in [4.69, 9.17) is 0 Å². The highest BCUT2D eigenvalue weighted by Crippen LogP contribution is 2.28. The summed E-state index contributed by atoms with van der Waals surface area (Å²) in [6, 6.07) is 26.9. The molecule has 2 amide bonds. The van der Waals surface area contributed by atoms with Crippen LogP contribution in [0.1, 0.15) is 31.8 Å². The Bertz CT molecular complexity index is 1260. The summed E-state index contributed by atoms with van der Waals surface area (Å²) in [5, 5.41) is 5.99. The molecule has 0 aliphatic carbocycles. The zero-order valence-corrected chi connectivity index (χ0v) is 23.0. The van der Waals surface area contributed by atoms with Crippen LogP contribution >= 0.6 is 45.2 Å². The molecule has 0 spiro atoms. The molecule has 0 aliphatic heterocycles. The van der Waals surface area contributed by atoms with Crippen LogP contribution in [0.25, 0.3) is 11.1 Å². The number of amides is 2. The molecule has 170 valence electrons. The van der Waals surface area contributed by atoms with Crippen LogP contribution in [-0.2, 0) is 0 Å². The molecule has 4 nitrogen and oxygen atoms in total. The molecule has 4 aromatic rings. The number of anilines is 2. The van der Waals surface area contributed by atoms with Crippen molar-refractivity contribution in [2.45, 2.75) is 13.8 Å². The Morgan fingerprint density at radius 3 is 1.24 bits per heavy atom. The predicted molar refractivity (Wildman–Crippen MR) is 156 cm³/mol. The molecule has 0 heterocycles. The van der Waals surface area contributed by atoms with Gasteiger partial charge in [-0.15, -0.1) is 0 Å². The van der Waals surface area contributed by atoms with Crippen molar-refractivity contribution >= 4 is 68.4 Å². The normalized spacial score (nSPS) is 10.6. The van der Waals surface area contributed by atoms with Crippen molar-refractivity contribution in [3.05, 3.63) is 114 Å². The summed E-state index contributed by atoms with van der Waals surface area (Å²) >= 11 is 4.44. The van der Waals surface area contributed by atoms with Crippen LogP contribution in [0.2, 0.25) is 0 Å².